The third-order valence-corrected chi connectivity index (χ3v) is 2.51. The molecule has 0 unspecified atom stereocenters. The molecule has 114 valence electrons. The van der Waals surface area contributed by atoms with E-state index in [0.29, 0.717) is 6.08 Å². The monoisotopic (exact) mass is 295 g/mol. The lowest BCUT2D eigenvalue weighted by atomic mass is 10.1. The minimum absolute atomic E-state index is 0.107. The molecule has 0 fully saturated rings. The van der Waals surface area contributed by atoms with Gasteiger partial charge in [-0.25, -0.2) is 8.78 Å². The summed E-state index contributed by atoms with van der Waals surface area (Å²) >= 11 is 0. The van der Waals surface area contributed by atoms with Crippen molar-refractivity contribution in [2.75, 3.05) is 7.05 Å². The Hall–Kier alpha value is -1.59. The Bertz CT molecular complexity index is 449. The van der Waals surface area contributed by atoms with Gasteiger partial charge in [0.05, 0.1) is 5.83 Å². The molecule has 0 rings (SSSR count). The van der Waals surface area contributed by atoms with Crippen LogP contribution >= 0.6 is 0 Å². The molecule has 0 saturated carbocycles. The largest absolute Gasteiger partial charge is 0.412 e. The number of allylic oxidation sites excluding steroid dienone is 7. The molecule has 0 aliphatic rings. The molecule has 0 aromatic rings. The zero-order valence-electron chi connectivity index (χ0n) is 11.8. The number of hydrogen-bond donors (Lipinski definition) is 1. The van der Waals surface area contributed by atoms with Gasteiger partial charge in [-0.05, 0) is 26.3 Å². The summed E-state index contributed by atoms with van der Waals surface area (Å²) in [4.78, 5) is 0. The van der Waals surface area contributed by atoms with E-state index in [-0.39, 0.29) is 17.7 Å². The first kappa shape index (κ1) is 18.4. The first-order valence-corrected chi connectivity index (χ1v) is 5.99. The van der Waals surface area contributed by atoms with Gasteiger partial charge < -0.3 is 5.32 Å². The molecule has 0 amide bonds. The third kappa shape index (κ3) is 6.04. The fourth-order valence-electron chi connectivity index (χ4n) is 1.39. The zero-order valence-corrected chi connectivity index (χ0v) is 11.8. The molecule has 20 heavy (non-hydrogen) atoms. The van der Waals surface area contributed by atoms with Crippen LogP contribution in [0, 0.1) is 0 Å². The maximum atomic E-state index is 13.8. The number of alkyl halides is 3. The molecule has 0 heterocycles. The van der Waals surface area contributed by atoms with Crippen molar-refractivity contribution in [3.63, 3.8) is 0 Å². The van der Waals surface area contributed by atoms with Crippen molar-refractivity contribution < 1.29 is 22.0 Å². The van der Waals surface area contributed by atoms with Crippen LogP contribution in [0.2, 0.25) is 0 Å². The SMILES string of the molecule is CCC(/C(=C/C=C(\C)C(F)(F)F)NC)=C(F)\C=C(/C)F. The van der Waals surface area contributed by atoms with Gasteiger partial charge in [-0.15, -0.1) is 0 Å². The predicted molar refractivity (Wildman–Crippen MR) is 70.2 cm³/mol. The van der Waals surface area contributed by atoms with Gasteiger partial charge >= 0.3 is 6.18 Å². The summed E-state index contributed by atoms with van der Waals surface area (Å²) in [6.45, 7) is 3.63. The van der Waals surface area contributed by atoms with Crippen molar-refractivity contribution in [2.45, 2.75) is 33.4 Å². The van der Waals surface area contributed by atoms with Crippen molar-refractivity contribution in [3.05, 3.63) is 46.7 Å². The molecular formula is C14H18F5N. The highest BCUT2D eigenvalue weighted by Crippen LogP contribution is 2.26. The van der Waals surface area contributed by atoms with Crippen molar-refractivity contribution in [1.82, 2.24) is 5.32 Å². The summed E-state index contributed by atoms with van der Waals surface area (Å²) in [6, 6.07) is 0. The molecule has 0 aromatic heterocycles. The van der Waals surface area contributed by atoms with E-state index < -0.39 is 23.4 Å². The van der Waals surface area contributed by atoms with E-state index in [2.05, 4.69) is 5.32 Å². The summed E-state index contributed by atoms with van der Waals surface area (Å²) in [5, 5.41) is 2.61. The van der Waals surface area contributed by atoms with Crippen molar-refractivity contribution >= 4 is 0 Å². The lowest BCUT2D eigenvalue weighted by Gasteiger charge is -2.11. The minimum atomic E-state index is -4.43. The first-order chi connectivity index (χ1) is 9.13. The number of likely N-dealkylation sites (N-methyl/N-ethyl adjacent to an activating group) is 1. The second-order valence-electron chi connectivity index (χ2n) is 4.09. The van der Waals surface area contributed by atoms with Crippen LogP contribution in [0.3, 0.4) is 0 Å². The van der Waals surface area contributed by atoms with Crippen molar-refractivity contribution in [1.29, 1.82) is 0 Å². The number of halogens is 5. The first-order valence-electron chi connectivity index (χ1n) is 5.99. The van der Waals surface area contributed by atoms with E-state index in [1.165, 1.54) is 7.05 Å². The third-order valence-electron chi connectivity index (χ3n) is 2.51. The minimum Gasteiger partial charge on any atom is -0.388 e. The Morgan fingerprint density at radius 3 is 2.00 bits per heavy atom. The zero-order chi connectivity index (χ0) is 15.9. The van der Waals surface area contributed by atoms with Gasteiger partial charge in [-0.2, -0.15) is 13.2 Å². The highest BCUT2D eigenvalue weighted by Gasteiger charge is 2.29. The predicted octanol–water partition coefficient (Wildman–Crippen LogP) is 5.11. The lowest BCUT2D eigenvalue weighted by molar-refractivity contribution is -0.0913. The lowest BCUT2D eigenvalue weighted by Crippen LogP contribution is -2.11. The second-order valence-corrected chi connectivity index (χ2v) is 4.09. The van der Waals surface area contributed by atoms with Gasteiger partial charge in [-0.3, -0.25) is 0 Å². The molecule has 6 heteroatoms. The van der Waals surface area contributed by atoms with E-state index >= 15 is 0 Å². The fourth-order valence-corrected chi connectivity index (χ4v) is 1.39. The van der Waals surface area contributed by atoms with Crippen LogP contribution in [0.15, 0.2) is 46.7 Å². The maximum absolute atomic E-state index is 13.8. The van der Waals surface area contributed by atoms with Crippen LogP contribution in [-0.4, -0.2) is 13.2 Å². The molecule has 0 radical (unpaired) electrons. The molecule has 1 N–H and O–H groups in total. The number of nitrogens with one attached hydrogen (secondary N) is 1. The molecule has 1 nitrogen and oxygen atoms in total. The molecule has 0 aromatic carbocycles. The Balaban J connectivity index is 5.61. The van der Waals surface area contributed by atoms with E-state index in [1.807, 2.05) is 0 Å². The molecule has 0 saturated heterocycles. The fraction of sp³-hybridized carbons (Fsp3) is 0.429. The number of hydrogen-bond acceptors (Lipinski definition) is 1. The number of rotatable bonds is 5. The summed E-state index contributed by atoms with van der Waals surface area (Å²) in [7, 11) is 1.46. The molecule has 0 aliphatic carbocycles. The quantitative estimate of drug-likeness (QED) is 0.549. The normalized spacial score (nSPS) is 16.1. The van der Waals surface area contributed by atoms with Crippen LogP contribution in [0.25, 0.3) is 0 Å². The Kier molecular flexibility index (Phi) is 7.24. The van der Waals surface area contributed by atoms with Gasteiger partial charge in [-0.1, -0.05) is 13.0 Å². The van der Waals surface area contributed by atoms with Gasteiger partial charge in [0.1, 0.15) is 5.83 Å². The maximum Gasteiger partial charge on any atom is 0.412 e. The highest BCUT2D eigenvalue weighted by molar-refractivity contribution is 5.38. The Morgan fingerprint density at radius 2 is 1.65 bits per heavy atom. The van der Waals surface area contributed by atoms with E-state index in [1.54, 1.807) is 6.92 Å². The Labute approximate surface area is 115 Å². The molecule has 0 atom stereocenters. The molecule has 0 bridgehead atoms. The average molecular weight is 295 g/mol. The van der Waals surface area contributed by atoms with Gasteiger partial charge in [0.2, 0.25) is 0 Å². The van der Waals surface area contributed by atoms with Gasteiger partial charge in [0.25, 0.3) is 0 Å². The van der Waals surface area contributed by atoms with Gasteiger partial charge in [0, 0.05) is 30.0 Å². The van der Waals surface area contributed by atoms with E-state index in [0.717, 1.165) is 26.0 Å². The van der Waals surface area contributed by atoms with E-state index in [9.17, 15) is 22.0 Å². The molecule has 0 spiro atoms. The van der Waals surface area contributed by atoms with Crippen LogP contribution in [0.4, 0.5) is 22.0 Å². The van der Waals surface area contributed by atoms with Crippen LogP contribution in [0.5, 0.6) is 0 Å². The van der Waals surface area contributed by atoms with Crippen molar-refractivity contribution in [2.24, 2.45) is 0 Å². The summed E-state index contributed by atoms with van der Waals surface area (Å²) in [6.07, 6.45) is -1.55. The molecule has 0 aliphatic heterocycles. The van der Waals surface area contributed by atoms with Crippen LogP contribution in [-0.2, 0) is 0 Å². The topological polar surface area (TPSA) is 12.0 Å². The summed E-state index contributed by atoms with van der Waals surface area (Å²) < 4.78 is 63.5. The van der Waals surface area contributed by atoms with Gasteiger partial charge in [0.15, 0.2) is 0 Å². The summed E-state index contributed by atoms with van der Waals surface area (Å²) in [5.74, 6) is -1.53. The van der Waals surface area contributed by atoms with Crippen LogP contribution in [0.1, 0.15) is 27.2 Å². The van der Waals surface area contributed by atoms with Crippen LogP contribution < -0.4 is 5.32 Å². The van der Waals surface area contributed by atoms with Crippen molar-refractivity contribution in [3.8, 4) is 0 Å². The van der Waals surface area contributed by atoms with E-state index in [4.69, 9.17) is 0 Å². The Morgan fingerprint density at radius 1 is 1.10 bits per heavy atom. The highest BCUT2D eigenvalue weighted by atomic mass is 19.4. The second kappa shape index (κ2) is 7.87. The summed E-state index contributed by atoms with van der Waals surface area (Å²) in [5.41, 5.74) is -0.528. The smallest absolute Gasteiger partial charge is 0.388 e. The standard InChI is InChI=1S/C14H18F5N/c1-5-11(12(16)8-10(3)15)13(20-4)7-6-9(2)14(17,18)19/h6-8,20H,5H2,1-4H3/b9-6+,10-8+,12-11-,13-7-. The molecular weight excluding hydrogens is 277 g/mol. The average Bonchev–Trinajstić information content (AvgIpc) is 2.31.